The fourth-order valence-electron chi connectivity index (χ4n) is 2.81. The monoisotopic (exact) mass is 409 g/mol. The summed E-state index contributed by atoms with van der Waals surface area (Å²) in [5.41, 5.74) is 8.18. The number of ketones is 1. The van der Waals surface area contributed by atoms with E-state index in [2.05, 4.69) is 5.10 Å². The molecule has 8 nitrogen and oxygen atoms in total. The van der Waals surface area contributed by atoms with Crippen LogP contribution < -0.4 is 15.2 Å². The topological polar surface area (TPSA) is 106 Å². The molecule has 0 saturated carbocycles. The van der Waals surface area contributed by atoms with Crippen LogP contribution in [0.1, 0.15) is 17.4 Å². The number of esters is 1. The van der Waals surface area contributed by atoms with Crippen molar-refractivity contribution in [1.82, 2.24) is 9.78 Å². The molecule has 3 aromatic rings. The van der Waals surface area contributed by atoms with Crippen LogP contribution in [-0.4, -0.2) is 48.4 Å². The van der Waals surface area contributed by atoms with Crippen molar-refractivity contribution in [2.45, 2.75) is 6.92 Å². The number of nitrogens with zero attached hydrogens (tertiary/aromatic N) is 2. The highest BCUT2D eigenvalue weighted by Gasteiger charge is 2.16. The van der Waals surface area contributed by atoms with Gasteiger partial charge in [-0.15, -0.1) is 0 Å². The molecule has 0 aliphatic heterocycles. The van der Waals surface area contributed by atoms with E-state index in [9.17, 15) is 9.59 Å². The molecule has 0 saturated heterocycles. The Kier molecular flexibility index (Phi) is 6.82. The molecule has 0 aliphatic carbocycles. The smallest absolute Gasteiger partial charge is 0.302 e. The number of Topliss-reactive ketones (excluding diaryl/α,β-unsaturated/α-hetero) is 1. The van der Waals surface area contributed by atoms with Gasteiger partial charge in [-0.2, -0.15) is 5.10 Å². The van der Waals surface area contributed by atoms with Crippen LogP contribution >= 0.6 is 0 Å². The van der Waals surface area contributed by atoms with Gasteiger partial charge in [0, 0.05) is 12.5 Å². The molecule has 0 bridgehead atoms. The lowest BCUT2D eigenvalue weighted by Gasteiger charge is -2.10. The van der Waals surface area contributed by atoms with Crippen molar-refractivity contribution in [2.75, 3.05) is 26.9 Å². The molecule has 8 heteroatoms. The van der Waals surface area contributed by atoms with Gasteiger partial charge in [0.15, 0.2) is 5.78 Å². The Hall–Kier alpha value is -3.65. The molecule has 3 rings (SSSR count). The first kappa shape index (κ1) is 21.1. The number of methoxy groups -OCH3 is 1. The Morgan fingerprint density at radius 3 is 2.27 bits per heavy atom. The number of nitrogens with two attached hydrogens (primary N) is 1. The Morgan fingerprint density at radius 2 is 1.67 bits per heavy atom. The molecule has 2 N–H and O–H groups in total. The second-order valence-corrected chi connectivity index (χ2v) is 6.36. The van der Waals surface area contributed by atoms with Crippen LogP contribution in [-0.2, 0) is 9.53 Å². The lowest BCUT2D eigenvalue weighted by Crippen LogP contribution is -2.14. The van der Waals surface area contributed by atoms with Gasteiger partial charge in [-0.1, -0.05) is 0 Å². The van der Waals surface area contributed by atoms with Gasteiger partial charge < -0.3 is 19.9 Å². The normalized spacial score (nSPS) is 10.5. The molecule has 0 radical (unpaired) electrons. The molecule has 0 fully saturated rings. The van der Waals surface area contributed by atoms with Gasteiger partial charge in [0.2, 0.25) is 0 Å². The molecule has 0 amide bonds. The summed E-state index contributed by atoms with van der Waals surface area (Å²) >= 11 is 0. The van der Waals surface area contributed by atoms with E-state index in [-0.39, 0.29) is 31.5 Å². The summed E-state index contributed by atoms with van der Waals surface area (Å²) in [6.07, 6.45) is 0. The maximum absolute atomic E-state index is 12.1. The largest absolute Gasteiger partial charge is 0.497 e. The summed E-state index contributed by atoms with van der Waals surface area (Å²) in [6.45, 7) is 1.68. The number of aromatic nitrogens is 2. The highest BCUT2D eigenvalue weighted by Crippen LogP contribution is 2.27. The maximum atomic E-state index is 12.1. The average Bonchev–Trinajstić information content (AvgIpc) is 3.22. The van der Waals surface area contributed by atoms with E-state index in [1.54, 1.807) is 30.0 Å². The van der Waals surface area contributed by atoms with Crippen LogP contribution in [0.4, 0.5) is 0 Å². The summed E-state index contributed by atoms with van der Waals surface area (Å²) < 4.78 is 17.3. The van der Waals surface area contributed by atoms with Crippen molar-refractivity contribution in [2.24, 2.45) is 5.73 Å². The number of carbonyl (C=O) groups is 2. The van der Waals surface area contributed by atoms with Gasteiger partial charge in [0.25, 0.3) is 0 Å². The molecule has 30 heavy (non-hydrogen) atoms. The van der Waals surface area contributed by atoms with E-state index in [1.165, 1.54) is 6.92 Å². The number of rotatable bonds is 9. The number of hydrogen-bond donors (Lipinski definition) is 1. The Balaban J connectivity index is 1.87. The van der Waals surface area contributed by atoms with Crippen LogP contribution in [0.15, 0.2) is 54.6 Å². The van der Waals surface area contributed by atoms with Crippen molar-refractivity contribution in [3.05, 3.63) is 60.3 Å². The van der Waals surface area contributed by atoms with E-state index in [4.69, 9.17) is 19.9 Å². The van der Waals surface area contributed by atoms with Gasteiger partial charge in [0.05, 0.1) is 25.0 Å². The van der Waals surface area contributed by atoms with Gasteiger partial charge >= 0.3 is 5.97 Å². The van der Waals surface area contributed by atoms with Gasteiger partial charge in [-0.05, 0) is 54.6 Å². The van der Waals surface area contributed by atoms with Gasteiger partial charge in [-0.25, -0.2) is 4.68 Å². The maximum Gasteiger partial charge on any atom is 0.302 e. The molecule has 0 spiro atoms. The summed E-state index contributed by atoms with van der Waals surface area (Å²) in [6, 6.07) is 16.4. The average molecular weight is 409 g/mol. The first-order valence-electron chi connectivity index (χ1n) is 9.36. The van der Waals surface area contributed by atoms with Crippen molar-refractivity contribution in [3.8, 4) is 28.4 Å². The Bertz CT molecular complexity index is 1010. The lowest BCUT2D eigenvalue weighted by molar-refractivity contribution is -0.141. The van der Waals surface area contributed by atoms with E-state index in [0.717, 1.165) is 22.7 Å². The number of ether oxygens (including phenoxy) is 3. The van der Waals surface area contributed by atoms with Crippen molar-refractivity contribution in [3.63, 3.8) is 0 Å². The summed E-state index contributed by atoms with van der Waals surface area (Å²) in [4.78, 5) is 22.9. The zero-order valence-corrected chi connectivity index (χ0v) is 16.8. The number of carbonyl (C=O) groups excluding carboxylic acids is 2. The predicted octanol–water partition coefficient (Wildman–Crippen LogP) is 2.63. The quantitative estimate of drug-likeness (QED) is 0.329. The highest BCUT2D eigenvalue weighted by molar-refractivity contribution is 5.96. The van der Waals surface area contributed by atoms with Crippen LogP contribution in [0.3, 0.4) is 0 Å². The second-order valence-electron chi connectivity index (χ2n) is 6.36. The molecule has 0 unspecified atom stereocenters. The lowest BCUT2D eigenvalue weighted by atomic mass is 10.1. The Labute approximate surface area is 174 Å². The fourth-order valence-corrected chi connectivity index (χ4v) is 2.81. The van der Waals surface area contributed by atoms with E-state index < -0.39 is 0 Å². The van der Waals surface area contributed by atoms with Crippen molar-refractivity contribution in [1.29, 1.82) is 0 Å². The van der Waals surface area contributed by atoms with Crippen LogP contribution in [0.2, 0.25) is 0 Å². The molecule has 1 heterocycles. The zero-order valence-electron chi connectivity index (χ0n) is 16.8. The molecule has 2 aromatic carbocycles. The summed E-state index contributed by atoms with van der Waals surface area (Å²) in [7, 11) is 1.60. The third-order valence-electron chi connectivity index (χ3n) is 4.30. The van der Waals surface area contributed by atoms with Crippen LogP contribution in [0, 0.1) is 0 Å². The minimum absolute atomic E-state index is 0.117. The Morgan fingerprint density at radius 1 is 1.00 bits per heavy atom. The first-order valence-corrected chi connectivity index (χ1v) is 9.36. The fraction of sp³-hybridized carbons (Fsp3) is 0.227. The van der Waals surface area contributed by atoms with Crippen molar-refractivity contribution >= 4 is 11.8 Å². The third kappa shape index (κ3) is 5.03. The number of benzene rings is 2. The summed E-state index contributed by atoms with van der Waals surface area (Å²) in [5.74, 6) is 0.776. The van der Waals surface area contributed by atoms with Crippen LogP contribution in [0.5, 0.6) is 11.5 Å². The predicted molar refractivity (Wildman–Crippen MR) is 111 cm³/mol. The van der Waals surface area contributed by atoms with E-state index in [1.807, 2.05) is 36.4 Å². The van der Waals surface area contributed by atoms with Gasteiger partial charge in [0.1, 0.15) is 30.4 Å². The molecular formula is C22H23N3O5. The van der Waals surface area contributed by atoms with E-state index in [0.29, 0.717) is 11.4 Å². The number of hydrogen-bond acceptors (Lipinski definition) is 7. The van der Waals surface area contributed by atoms with Crippen molar-refractivity contribution < 1.29 is 23.8 Å². The molecule has 156 valence electrons. The van der Waals surface area contributed by atoms with Gasteiger partial charge in [-0.3, -0.25) is 9.59 Å². The van der Waals surface area contributed by atoms with Crippen LogP contribution in [0.25, 0.3) is 16.9 Å². The molecule has 0 atom stereocenters. The minimum Gasteiger partial charge on any atom is -0.497 e. The van der Waals surface area contributed by atoms with E-state index >= 15 is 0 Å². The standard InChI is InChI=1S/C22H23N3O5/c1-15(26)29-11-12-30-19-7-3-16(4-8-19)21-13-20(22(27)14-23)24-25(21)17-5-9-18(28-2)10-6-17/h3-10,13H,11-12,14,23H2,1-2H3. The third-order valence-corrected chi connectivity index (χ3v) is 4.30. The first-order chi connectivity index (χ1) is 14.5. The highest BCUT2D eigenvalue weighted by atomic mass is 16.6. The SMILES string of the molecule is COc1ccc(-n2nc(C(=O)CN)cc2-c2ccc(OCCOC(C)=O)cc2)cc1. The zero-order chi connectivity index (χ0) is 21.5. The second kappa shape index (κ2) is 9.71. The summed E-state index contributed by atoms with van der Waals surface area (Å²) in [5, 5.41) is 4.45. The molecule has 0 aliphatic rings. The minimum atomic E-state index is -0.344. The molecular weight excluding hydrogens is 386 g/mol. The molecule has 1 aromatic heterocycles.